The molecule has 0 radical (unpaired) electrons. The van der Waals surface area contributed by atoms with E-state index in [9.17, 15) is 9.36 Å². The summed E-state index contributed by atoms with van der Waals surface area (Å²) < 4.78 is 10.6. The Labute approximate surface area is 113 Å². The third-order valence-electron chi connectivity index (χ3n) is 2.39. The van der Waals surface area contributed by atoms with E-state index in [0.717, 1.165) is 5.82 Å². The molecule has 0 aromatic carbocycles. The van der Waals surface area contributed by atoms with E-state index in [4.69, 9.17) is 20.4 Å². The molecular weight excluding hydrogens is 289 g/mol. The first-order valence-electron chi connectivity index (χ1n) is 5.64. The lowest BCUT2D eigenvalue weighted by molar-refractivity contribution is 0.118. The minimum Gasteiger partial charge on any atom is -0.369 e. The van der Waals surface area contributed by atoms with Crippen LogP contribution in [0.25, 0.3) is 0 Å². The number of anilines is 3. The van der Waals surface area contributed by atoms with Gasteiger partial charge in [-0.15, -0.1) is 0 Å². The largest absolute Gasteiger partial charge is 0.369 e. The summed E-state index contributed by atoms with van der Waals surface area (Å²) in [5.74, 6) is 1.07. The number of hydrogen-bond acceptors (Lipinski definition) is 7. The number of aromatic amines is 1. The van der Waals surface area contributed by atoms with Gasteiger partial charge in [-0.3, -0.25) is 19.2 Å². The molecule has 1 aliphatic heterocycles. The standard InChI is InChI=1S/C9H14N5O5P/c10-9-12-7-6(8(15)13-9)11-5-14(7)19-3-1-2-4-20(16,17)18/h2,4,11H,1,3,5H2,(H2,16,17,18)(H3,10,12,13,15). The van der Waals surface area contributed by atoms with Gasteiger partial charge in [0.2, 0.25) is 5.95 Å². The molecule has 0 spiro atoms. The summed E-state index contributed by atoms with van der Waals surface area (Å²) in [6, 6.07) is 0. The summed E-state index contributed by atoms with van der Waals surface area (Å²) in [6.45, 7) is 0.406. The first-order chi connectivity index (χ1) is 9.37. The van der Waals surface area contributed by atoms with Gasteiger partial charge in [0.05, 0.1) is 6.61 Å². The lowest BCUT2D eigenvalue weighted by Crippen LogP contribution is -2.24. The van der Waals surface area contributed by atoms with Crippen LogP contribution in [0.5, 0.6) is 0 Å². The summed E-state index contributed by atoms with van der Waals surface area (Å²) in [4.78, 5) is 40.4. The van der Waals surface area contributed by atoms with E-state index >= 15 is 0 Å². The number of nitrogens with one attached hydrogen (secondary N) is 2. The Morgan fingerprint density at radius 1 is 1.55 bits per heavy atom. The van der Waals surface area contributed by atoms with Crippen LogP contribution in [0, 0.1) is 0 Å². The fourth-order valence-electron chi connectivity index (χ4n) is 1.59. The van der Waals surface area contributed by atoms with Gasteiger partial charge in [-0.05, 0) is 6.42 Å². The summed E-state index contributed by atoms with van der Waals surface area (Å²) in [6.07, 6.45) is 1.63. The van der Waals surface area contributed by atoms with Crippen molar-refractivity contribution in [3.8, 4) is 0 Å². The molecule has 0 unspecified atom stereocenters. The molecule has 1 aromatic rings. The molecule has 0 saturated heterocycles. The molecule has 10 nitrogen and oxygen atoms in total. The first-order valence-corrected chi connectivity index (χ1v) is 7.32. The molecule has 1 aromatic heterocycles. The lowest BCUT2D eigenvalue weighted by atomic mass is 10.5. The van der Waals surface area contributed by atoms with Crippen LogP contribution in [-0.4, -0.2) is 33.0 Å². The zero-order valence-electron chi connectivity index (χ0n) is 10.3. The second-order valence-electron chi connectivity index (χ2n) is 3.96. The van der Waals surface area contributed by atoms with Gasteiger partial charge >= 0.3 is 7.60 Å². The van der Waals surface area contributed by atoms with Crippen LogP contribution >= 0.6 is 7.60 Å². The fourth-order valence-corrected chi connectivity index (χ4v) is 2.02. The number of nitrogens with zero attached hydrogens (tertiary/aromatic N) is 2. The molecule has 6 N–H and O–H groups in total. The van der Waals surface area contributed by atoms with Crippen LogP contribution in [0.1, 0.15) is 6.42 Å². The molecule has 0 aliphatic carbocycles. The Bertz CT molecular complexity index is 624. The van der Waals surface area contributed by atoms with Crippen molar-refractivity contribution in [3.63, 3.8) is 0 Å². The average Bonchev–Trinajstić information content (AvgIpc) is 2.70. The van der Waals surface area contributed by atoms with E-state index in [1.54, 1.807) is 0 Å². The molecule has 0 atom stereocenters. The Hall–Kier alpha value is -1.87. The van der Waals surface area contributed by atoms with Crippen LogP contribution in [0.2, 0.25) is 0 Å². The van der Waals surface area contributed by atoms with Crippen molar-refractivity contribution in [2.75, 3.05) is 29.4 Å². The Morgan fingerprint density at radius 3 is 3.00 bits per heavy atom. The topological polar surface area (TPSA) is 154 Å². The number of fused-ring (bicyclic) bond motifs is 1. The highest BCUT2D eigenvalue weighted by Crippen LogP contribution is 2.36. The normalized spacial score (nSPS) is 14.6. The van der Waals surface area contributed by atoms with E-state index in [1.807, 2.05) is 0 Å². The number of nitrogen functional groups attached to an aromatic ring is 1. The summed E-state index contributed by atoms with van der Waals surface area (Å²) in [7, 11) is -4.13. The molecule has 1 aliphatic rings. The van der Waals surface area contributed by atoms with Crippen molar-refractivity contribution in [1.29, 1.82) is 0 Å². The highest BCUT2D eigenvalue weighted by atomic mass is 31.2. The fraction of sp³-hybridized carbons (Fsp3) is 0.333. The number of hydrogen-bond donors (Lipinski definition) is 5. The van der Waals surface area contributed by atoms with Crippen molar-refractivity contribution >= 4 is 25.0 Å². The third-order valence-corrected chi connectivity index (χ3v) is 2.98. The maximum Gasteiger partial charge on any atom is 0.348 e. The molecule has 0 amide bonds. The lowest BCUT2D eigenvalue weighted by Gasteiger charge is -2.15. The monoisotopic (exact) mass is 303 g/mol. The van der Waals surface area contributed by atoms with E-state index < -0.39 is 7.60 Å². The second kappa shape index (κ2) is 5.63. The summed E-state index contributed by atoms with van der Waals surface area (Å²) >= 11 is 0. The van der Waals surface area contributed by atoms with Crippen molar-refractivity contribution in [1.82, 2.24) is 9.97 Å². The summed E-state index contributed by atoms with van der Waals surface area (Å²) in [5.41, 5.74) is 5.32. The number of hydroxylamine groups is 1. The zero-order chi connectivity index (χ0) is 14.8. The van der Waals surface area contributed by atoms with E-state index in [2.05, 4.69) is 15.3 Å². The van der Waals surface area contributed by atoms with Gasteiger partial charge in [-0.1, -0.05) is 6.08 Å². The minimum atomic E-state index is -4.13. The molecule has 11 heteroatoms. The smallest absolute Gasteiger partial charge is 0.348 e. The SMILES string of the molecule is Nc1nc2c(c(=O)[nH]1)NCN2OCCC=CP(=O)(O)O. The predicted molar refractivity (Wildman–Crippen MR) is 72.0 cm³/mol. The average molecular weight is 303 g/mol. The van der Waals surface area contributed by atoms with Crippen LogP contribution in [0.4, 0.5) is 17.5 Å². The van der Waals surface area contributed by atoms with Gasteiger partial charge in [-0.25, -0.2) is 5.06 Å². The maximum absolute atomic E-state index is 11.5. The van der Waals surface area contributed by atoms with E-state index in [-0.39, 0.29) is 36.3 Å². The van der Waals surface area contributed by atoms with Gasteiger partial charge in [0.25, 0.3) is 5.56 Å². The number of H-pyrrole nitrogens is 1. The van der Waals surface area contributed by atoms with E-state index in [0.29, 0.717) is 6.42 Å². The summed E-state index contributed by atoms with van der Waals surface area (Å²) in [5, 5.41) is 4.16. The van der Waals surface area contributed by atoms with Crippen LogP contribution in [0.3, 0.4) is 0 Å². The Balaban J connectivity index is 1.93. The van der Waals surface area contributed by atoms with Crippen LogP contribution < -0.4 is 21.7 Å². The first kappa shape index (κ1) is 14.5. The predicted octanol–water partition coefficient (Wildman–Crippen LogP) is -0.445. The highest BCUT2D eigenvalue weighted by Gasteiger charge is 2.24. The van der Waals surface area contributed by atoms with Crippen molar-refractivity contribution in [2.24, 2.45) is 0 Å². The van der Waals surface area contributed by atoms with Crippen LogP contribution in [-0.2, 0) is 9.40 Å². The zero-order valence-corrected chi connectivity index (χ0v) is 11.2. The maximum atomic E-state index is 11.5. The van der Waals surface area contributed by atoms with Crippen LogP contribution in [0.15, 0.2) is 16.7 Å². The van der Waals surface area contributed by atoms with E-state index in [1.165, 1.54) is 11.1 Å². The Kier molecular flexibility index (Phi) is 4.09. The molecule has 2 rings (SSSR count). The van der Waals surface area contributed by atoms with Gasteiger partial charge in [-0.2, -0.15) is 4.98 Å². The van der Waals surface area contributed by atoms with Gasteiger partial charge in [0.15, 0.2) is 5.82 Å². The molecule has 20 heavy (non-hydrogen) atoms. The molecule has 110 valence electrons. The molecule has 0 saturated carbocycles. The molecule has 2 heterocycles. The molecule has 0 bridgehead atoms. The number of aromatic nitrogens is 2. The van der Waals surface area contributed by atoms with Crippen molar-refractivity contribution in [2.45, 2.75) is 6.42 Å². The van der Waals surface area contributed by atoms with Gasteiger partial charge in [0.1, 0.15) is 12.4 Å². The number of nitrogens with two attached hydrogens (primary N) is 1. The molecular formula is C9H14N5O5P. The minimum absolute atomic E-state index is 0.0209. The second-order valence-corrected chi connectivity index (χ2v) is 5.44. The number of rotatable bonds is 5. The quantitative estimate of drug-likeness (QED) is 0.359. The van der Waals surface area contributed by atoms with Gasteiger partial charge in [0, 0.05) is 5.82 Å². The Morgan fingerprint density at radius 2 is 2.30 bits per heavy atom. The highest BCUT2D eigenvalue weighted by molar-refractivity contribution is 7.55. The molecule has 0 fully saturated rings. The van der Waals surface area contributed by atoms with Crippen molar-refractivity contribution in [3.05, 3.63) is 22.2 Å². The van der Waals surface area contributed by atoms with Crippen molar-refractivity contribution < 1.29 is 19.2 Å². The van der Waals surface area contributed by atoms with Gasteiger partial charge < -0.3 is 20.8 Å². The third kappa shape index (κ3) is 3.58.